The van der Waals surface area contributed by atoms with Crippen LogP contribution >= 0.6 is 15.9 Å². The third-order valence-corrected chi connectivity index (χ3v) is 3.52. The highest BCUT2D eigenvalue weighted by Crippen LogP contribution is 2.24. The van der Waals surface area contributed by atoms with E-state index in [-0.39, 0.29) is 29.8 Å². The molecule has 0 spiro atoms. The Morgan fingerprint density at radius 2 is 2.15 bits per heavy atom. The summed E-state index contributed by atoms with van der Waals surface area (Å²) in [6.45, 7) is 4.12. The van der Waals surface area contributed by atoms with Crippen molar-refractivity contribution in [3.8, 4) is 0 Å². The molecule has 20 heavy (non-hydrogen) atoms. The van der Waals surface area contributed by atoms with Crippen LogP contribution in [0.15, 0.2) is 22.7 Å². The summed E-state index contributed by atoms with van der Waals surface area (Å²) in [5, 5.41) is 19.7. The molecule has 0 heterocycles. The van der Waals surface area contributed by atoms with Crippen molar-refractivity contribution in [3.05, 3.63) is 38.3 Å². The second-order valence-corrected chi connectivity index (χ2v) is 5.45. The van der Waals surface area contributed by atoms with E-state index < -0.39 is 4.92 Å². The van der Waals surface area contributed by atoms with Crippen molar-refractivity contribution in [2.75, 3.05) is 13.2 Å². The third kappa shape index (κ3) is 4.01. The molecule has 0 aliphatic heterocycles. The van der Waals surface area contributed by atoms with Crippen LogP contribution in [-0.4, -0.2) is 40.0 Å². The smallest absolute Gasteiger partial charge is 0.270 e. The molecule has 1 aromatic rings. The topological polar surface area (TPSA) is 83.7 Å². The number of nitrogens with zero attached hydrogens (tertiary/aromatic N) is 2. The lowest BCUT2D eigenvalue weighted by Gasteiger charge is -2.27. The standard InChI is InChI=1S/C13H17BrN2O4/c1-9(2)15(6-3-7-17)13(18)11-8-10(16(19)20)4-5-12(11)14/h4-5,8-9,17H,3,6-7H2,1-2H3. The lowest BCUT2D eigenvalue weighted by molar-refractivity contribution is -0.384. The molecule has 0 unspecified atom stereocenters. The van der Waals surface area contributed by atoms with Gasteiger partial charge in [0.2, 0.25) is 0 Å². The van der Waals surface area contributed by atoms with Crippen LogP contribution in [-0.2, 0) is 0 Å². The highest BCUT2D eigenvalue weighted by molar-refractivity contribution is 9.10. The van der Waals surface area contributed by atoms with Gasteiger partial charge >= 0.3 is 0 Å². The van der Waals surface area contributed by atoms with Gasteiger partial charge in [0.1, 0.15) is 0 Å². The lowest BCUT2D eigenvalue weighted by atomic mass is 10.1. The zero-order valence-corrected chi connectivity index (χ0v) is 13.0. The van der Waals surface area contributed by atoms with Crippen molar-refractivity contribution in [1.29, 1.82) is 0 Å². The Labute approximate surface area is 125 Å². The molecular formula is C13H17BrN2O4. The zero-order chi connectivity index (χ0) is 15.3. The number of hydrogen-bond acceptors (Lipinski definition) is 4. The molecule has 0 bridgehead atoms. The van der Waals surface area contributed by atoms with Crippen LogP contribution in [0, 0.1) is 10.1 Å². The van der Waals surface area contributed by atoms with Crippen LogP contribution in [0.4, 0.5) is 5.69 Å². The molecule has 0 aromatic heterocycles. The molecule has 1 rings (SSSR count). The number of non-ortho nitro benzene ring substituents is 1. The quantitative estimate of drug-likeness (QED) is 0.634. The number of nitro benzene ring substituents is 1. The first-order chi connectivity index (χ1) is 9.38. The predicted molar refractivity (Wildman–Crippen MR) is 78.7 cm³/mol. The third-order valence-electron chi connectivity index (χ3n) is 2.83. The van der Waals surface area contributed by atoms with E-state index in [2.05, 4.69) is 15.9 Å². The summed E-state index contributed by atoms with van der Waals surface area (Å²) in [5.41, 5.74) is 0.133. The van der Waals surface area contributed by atoms with Gasteiger partial charge in [-0.1, -0.05) is 0 Å². The lowest BCUT2D eigenvalue weighted by Crippen LogP contribution is -2.38. The zero-order valence-electron chi connectivity index (χ0n) is 11.4. The van der Waals surface area contributed by atoms with Gasteiger partial charge in [0.05, 0.1) is 10.5 Å². The van der Waals surface area contributed by atoms with Crippen LogP contribution in [0.3, 0.4) is 0 Å². The van der Waals surface area contributed by atoms with Crippen molar-refractivity contribution < 1.29 is 14.8 Å². The van der Waals surface area contributed by atoms with Gasteiger partial charge in [-0.3, -0.25) is 14.9 Å². The van der Waals surface area contributed by atoms with E-state index in [0.717, 1.165) is 0 Å². The fourth-order valence-electron chi connectivity index (χ4n) is 1.78. The number of carbonyl (C=O) groups is 1. The number of carbonyl (C=O) groups excluding carboxylic acids is 1. The summed E-state index contributed by atoms with van der Waals surface area (Å²) >= 11 is 3.25. The Morgan fingerprint density at radius 3 is 2.65 bits per heavy atom. The van der Waals surface area contributed by atoms with E-state index in [1.807, 2.05) is 13.8 Å². The van der Waals surface area contributed by atoms with Crippen LogP contribution in [0.2, 0.25) is 0 Å². The fourth-order valence-corrected chi connectivity index (χ4v) is 2.20. The minimum atomic E-state index is -0.531. The average Bonchev–Trinajstić information content (AvgIpc) is 2.38. The molecule has 1 N–H and O–H groups in total. The van der Waals surface area contributed by atoms with Gasteiger partial charge in [-0.25, -0.2) is 0 Å². The van der Waals surface area contributed by atoms with Gasteiger partial charge < -0.3 is 10.0 Å². The summed E-state index contributed by atoms with van der Waals surface area (Å²) < 4.78 is 0.516. The first-order valence-electron chi connectivity index (χ1n) is 6.24. The summed E-state index contributed by atoms with van der Waals surface area (Å²) in [5.74, 6) is -0.288. The normalized spacial score (nSPS) is 10.7. The van der Waals surface area contributed by atoms with Gasteiger partial charge in [0, 0.05) is 35.8 Å². The largest absolute Gasteiger partial charge is 0.396 e. The molecule has 7 heteroatoms. The SMILES string of the molecule is CC(C)N(CCCO)C(=O)c1cc([N+](=O)[O-])ccc1Br. The number of amides is 1. The summed E-state index contributed by atoms with van der Waals surface area (Å²) in [6, 6.07) is 4.05. The van der Waals surface area contributed by atoms with E-state index in [0.29, 0.717) is 17.4 Å². The number of halogens is 1. The Hall–Kier alpha value is -1.47. The molecule has 0 saturated carbocycles. The molecule has 0 saturated heterocycles. The molecule has 0 atom stereocenters. The van der Waals surface area contributed by atoms with E-state index in [9.17, 15) is 14.9 Å². The van der Waals surface area contributed by atoms with E-state index >= 15 is 0 Å². The van der Waals surface area contributed by atoms with Crippen LogP contribution < -0.4 is 0 Å². The molecule has 0 radical (unpaired) electrons. The Kier molecular flexibility index (Phi) is 6.09. The molecular weight excluding hydrogens is 328 g/mol. The number of benzene rings is 1. The highest BCUT2D eigenvalue weighted by Gasteiger charge is 2.22. The van der Waals surface area contributed by atoms with Crippen molar-refractivity contribution in [2.24, 2.45) is 0 Å². The molecule has 110 valence electrons. The molecule has 0 fully saturated rings. The molecule has 1 amide bonds. The summed E-state index contributed by atoms with van der Waals surface area (Å²) in [6.07, 6.45) is 0.469. The van der Waals surface area contributed by atoms with Gasteiger partial charge in [-0.15, -0.1) is 0 Å². The minimum absolute atomic E-state index is 0.00733. The number of hydrogen-bond donors (Lipinski definition) is 1. The molecule has 0 aliphatic carbocycles. The highest BCUT2D eigenvalue weighted by atomic mass is 79.9. The summed E-state index contributed by atoms with van der Waals surface area (Å²) in [4.78, 5) is 24.3. The van der Waals surface area contributed by atoms with E-state index in [1.54, 1.807) is 4.90 Å². The first-order valence-corrected chi connectivity index (χ1v) is 7.03. The van der Waals surface area contributed by atoms with Crippen LogP contribution in [0.1, 0.15) is 30.6 Å². The van der Waals surface area contributed by atoms with Crippen molar-refractivity contribution in [1.82, 2.24) is 4.90 Å². The average molecular weight is 345 g/mol. The van der Waals surface area contributed by atoms with E-state index in [4.69, 9.17) is 5.11 Å². The van der Waals surface area contributed by atoms with Gasteiger partial charge in [0.25, 0.3) is 11.6 Å². The fraction of sp³-hybridized carbons (Fsp3) is 0.462. The van der Waals surface area contributed by atoms with Crippen molar-refractivity contribution in [3.63, 3.8) is 0 Å². The first kappa shape index (κ1) is 16.6. The molecule has 1 aromatic carbocycles. The van der Waals surface area contributed by atoms with Crippen LogP contribution in [0.25, 0.3) is 0 Å². The van der Waals surface area contributed by atoms with Gasteiger partial charge in [0.15, 0.2) is 0 Å². The Bertz CT molecular complexity index is 505. The number of rotatable bonds is 6. The number of nitro groups is 1. The second kappa shape index (κ2) is 7.35. The second-order valence-electron chi connectivity index (χ2n) is 4.59. The maximum atomic E-state index is 12.5. The van der Waals surface area contributed by atoms with Crippen molar-refractivity contribution in [2.45, 2.75) is 26.3 Å². The van der Waals surface area contributed by atoms with E-state index in [1.165, 1.54) is 18.2 Å². The maximum Gasteiger partial charge on any atom is 0.270 e. The van der Waals surface area contributed by atoms with Crippen molar-refractivity contribution >= 4 is 27.5 Å². The van der Waals surface area contributed by atoms with Crippen LogP contribution in [0.5, 0.6) is 0 Å². The number of aliphatic hydroxyl groups excluding tert-OH is 1. The number of aliphatic hydroxyl groups is 1. The minimum Gasteiger partial charge on any atom is -0.396 e. The Morgan fingerprint density at radius 1 is 1.50 bits per heavy atom. The summed E-state index contributed by atoms with van der Waals surface area (Å²) in [7, 11) is 0. The Balaban J connectivity index is 3.10. The van der Waals surface area contributed by atoms with Gasteiger partial charge in [-0.05, 0) is 42.3 Å². The maximum absolute atomic E-state index is 12.5. The predicted octanol–water partition coefficient (Wildman–Crippen LogP) is 2.59. The van der Waals surface area contributed by atoms with Gasteiger partial charge in [-0.2, -0.15) is 0 Å². The molecule has 6 nitrogen and oxygen atoms in total. The molecule has 0 aliphatic rings. The monoisotopic (exact) mass is 344 g/mol.